The van der Waals surface area contributed by atoms with Gasteiger partial charge in [-0.2, -0.15) is 0 Å². The quantitative estimate of drug-likeness (QED) is 0.337. The van der Waals surface area contributed by atoms with Gasteiger partial charge in [0.1, 0.15) is 11.8 Å². The molecule has 5 amide bonds. The lowest BCUT2D eigenvalue weighted by Crippen LogP contribution is -2.46. The van der Waals surface area contributed by atoms with E-state index < -0.39 is 12.1 Å². The number of urea groups is 1. The summed E-state index contributed by atoms with van der Waals surface area (Å²) < 4.78 is 5.21. The molecule has 0 aliphatic carbocycles. The van der Waals surface area contributed by atoms with E-state index in [0.717, 1.165) is 5.56 Å². The van der Waals surface area contributed by atoms with Crippen LogP contribution in [0.3, 0.4) is 0 Å². The Hall–Kier alpha value is -4.07. The lowest BCUT2D eigenvalue weighted by Gasteiger charge is -2.21. The number of nitrogens with zero attached hydrogens (tertiary/aromatic N) is 2. The molecule has 1 heterocycles. The molecule has 0 bridgehead atoms. The predicted octanol–water partition coefficient (Wildman–Crippen LogP) is 1.47. The molecule has 3 N–H and O–H groups in total. The van der Waals surface area contributed by atoms with Crippen LogP contribution in [0.5, 0.6) is 5.75 Å². The van der Waals surface area contributed by atoms with Crippen LogP contribution >= 0.6 is 11.6 Å². The highest BCUT2D eigenvalue weighted by molar-refractivity contribution is 6.33. The molecular formula is C26H28ClN5O5. The van der Waals surface area contributed by atoms with Crippen LogP contribution in [0.25, 0.3) is 0 Å². The summed E-state index contributed by atoms with van der Waals surface area (Å²) in [6, 6.07) is 8.48. The van der Waals surface area contributed by atoms with Crippen LogP contribution in [-0.4, -0.2) is 80.9 Å². The number of hydrogen-bond donors (Lipinski definition) is 3. The molecule has 37 heavy (non-hydrogen) atoms. The van der Waals surface area contributed by atoms with Crippen LogP contribution in [0.1, 0.15) is 31.8 Å². The van der Waals surface area contributed by atoms with Crippen LogP contribution in [0.2, 0.25) is 5.02 Å². The lowest BCUT2D eigenvalue weighted by molar-refractivity contribution is -0.108. The Morgan fingerprint density at radius 1 is 1.24 bits per heavy atom. The van der Waals surface area contributed by atoms with E-state index in [4.69, 9.17) is 16.3 Å². The number of carbonyl (C=O) groups excluding carboxylic acids is 4. The van der Waals surface area contributed by atoms with Crippen LogP contribution in [0.4, 0.5) is 4.79 Å². The van der Waals surface area contributed by atoms with Gasteiger partial charge in [0, 0.05) is 30.8 Å². The summed E-state index contributed by atoms with van der Waals surface area (Å²) in [5, 5.41) is 7.69. The second kappa shape index (κ2) is 12.8. The molecule has 0 saturated heterocycles. The largest absolute Gasteiger partial charge is 0.497 e. The van der Waals surface area contributed by atoms with E-state index in [1.807, 2.05) is 30.4 Å². The molecule has 2 aromatic carbocycles. The van der Waals surface area contributed by atoms with E-state index in [0.29, 0.717) is 36.5 Å². The summed E-state index contributed by atoms with van der Waals surface area (Å²) >= 11 is 6.22. The monoisotopic (exact) mass is 525 g/mol. The molecule has 1 aliphatic heterocycles. The second-order valence-corrected chi connectivity index (χ2v) is 8.93. The third kappa shape index (κ3) is 7.46. The van der Waals surface area contributed by atoms with Gasteiger partial charge in [-0.3, -0.25) is 19.7 Å². The van der Waals surface area contributed by atoms with E-state index in [1.54, 1.807) is 35.2 Å². The molecule has 11 heteroatoms. The molecule has 1 aliphatic rings. The van der Waals surface area contributed by atoms with Crippen molar-refractivity contribution in [1.29, 1.82) is 0 Å². The van der Waals surface area contributed by atoms with Gasteiger partial charge in [0.25, 0.3) is 11.8 Å². The summed E-state index contributed by atoms with van der Waals surface area (Å²) in [6.45, 7) is 1.53. The lowest BCUT2D eigenvalue weighted by atomic mass is 10.1. The van der Waals surface area contributed by atoms with Gasteiger partial charge in [-0.15, -0.1) is 0 Å². The molecule has 0 fully saturated rings. The first-order chi connectivity index (χ1) is 17.7. The van der Waals surface area contributed by atoms with Crippen molar-refractivity contribution in [1.82, 2.24) is 25.8 Å². The van der Waals surface area contributed by atoms with Gasteiger partial charge in [0.15, 0.2) is 0 Å². The van der Waals surface area contributed by atoms with E-state index in [-0.39, 0.29) is 35.4 Å². The van der Waals surface area contributed by atoms with Crippen LogP contribution in [-0.2, 0) is 11.3 Å². The molecule has 194 valence electrons. The number of hydrogen-bond acceptors (Lipinski definition) is 6. The van der Waals surface area contributed by atoms with Gasteiger partial charge in [0.05, 0.1) is 24.2 Å². The molecule has 3 rings (SSSR count). The topological polar surface area (TPSA) is 120 Å². The van der Waals surface area contributed by atoms with Gasteiger partial charge >= 0.3 is 6.03 Å². The molecule has 0 spiro atoms. The first-order valence-electron chi connectivity index (χ1n) is 11.4. The average molecular weight is 526 g/mol. The fraction of sp³-hybridized carbons (Fsp3) is 0.308. The van der Waals surface area contributed by atoms with Gasteiger partial charge < -0.3 is 25.2 Å². The van der Waals surface area contributed by atoms with Crippen LogP contribution in [0.15, 0.2) is 36.4 Å². The van der Waals surface area contributed by atoms with E-state index in [9.17, 15) is 19.2 Å². The molecule has 2 aromatic rings. The maximum absolute atomic E-state index is 12.9. The standard InChI is InChI=1S/C26H28ClN5O5/c1-31(2)11-10-28-24(34)22-12-17(5-9-23(22)27)4-7-19(30-26(36)29-16-33)15-32-14-18-6-8-20(37-3)13-21(18)25(32)35/h5-6,8-9,12-13,16,19H,10-11,14-15H2,1-3H3,(H,28,34)(H2,29,30,33,36)/t19-/m1/s1. The van der Waals surface area contributed by atoms with Crippen molar-refractivity contribution < 1.29 is 23.9 Å². The average Bonchev–Trinajstić information content (AvgIpc) is 3.17. The molecule has 10 nitrogen and oxygen atoms in total. The Morgan fingerprint density at radius 3 is 2.73 bits per heavy atom. The first-order valence-corrected chi connectivity index (χ1v) is 11.8. The van der Waals surface area contributed by atoms with Crippen molar-refractivity contribution >= 4 is 35.9 Å². The predicted molar refractivity (Wildman–Crippen MR) is 138 cm³/mol. The summed E-state index contributed by atoms with van der Waals surface area (Å²) in [7, 11) is 5.33. The Labute approximate surface area is 220 Å². The van der Waals surface area contributed by atoms with Gasteiger partial charge in [-0.05, 0) is 50.0 Å². The van der Waals surface area contributed by atoms with Crippen molar-refractivity contribution in [3.05, 3.63) is 63.7 Å². The summed E-state index contributed by atoms with van der Waals surface area (Å²) in [5.74, 6) is 5.88. The number of halogens is 1. The molecule has 0 radical (unpaired) electrons. The minimum atomic E-state index is -0.812. The first kappa shape index (κ1) is 27.5. The Morgan fingerprint density at radius 2 is 2.03 bits per heavy atom. The van der Waals surface area contributed by atoms with Crippen molar-refractivity contribution in [3.63, 3.8) is 0 Å². The minimum Gasteiger partial charge on any atom is -0.497 e. The van der Waals surface area contributed by atoms with Crippen LogP contribution in [0, 0.1) is 11.8 Å². The van der Waals surface area contributed by atoms with Crippen molar-refractivity contribution in [3.8, 4) is 17.6 Å². The Kier molecular flexibility index (Phi) is 9.49. The minimum absolute atomic E-state index is 0.0700. The number of methoxy groups -OCH3 is 1. The van der Waals surface area contributed by atoms with E-state index >= 15 is 0 Å². The molecular weight excluding hydrogens is 498 g/mol. The van der Waals surface area contributed by atoms with Gasteiger partial charge in [0.2, 0.25) is 6.41 Å². The molecule has 0 saturated carbocycles. The highest BCUT2D eigenvalue weighted by atomic mass is 35.5. The number of rotatable bonds is 9. The number of amides is 5. The number of likely N-dealkylation sites (N-methyl/N-ethyl adjacent to an activating group) is 1. The zero-order valence-corrected chi connectivity index (χ0v) is 21.5. The van der Waals surface area contributed by atoms with Crippen molar-refractivity contribution in [2.24, 2.45) is 0 Å². The normalized spacial score (nSPS) is 12.8. The highest BCUT2D eigenvalue weighted by Crippen LogP contribution is 2.26. The maximum atomic E-state index is 12.9. The number of carbonyl (C=O) groups is 4. The van der Waals surface area contributed by atoms with Crippen molar-refractivity contribution in [2.45, 2.75) is 12.6 Å². The fourth-order valence-corrected chi connectivity index (χ4v) is 3.86. The fourth-order valence-electron chi connectivity index (χ4n) is 3.65. The number of benzene rings is 2. The SMILES string of the molecule is COc1ccc2c(c1)C(=O)N(C[C@@H](C#Cc1ccc(Cl)c(C(=O)NCCN(C)C)c1)NC(=O)NC=O)C2. The van der Waals surface area contributed by atoms with Crippen molar-refractivity contribution in [2.75, 3.05) is 40.8 Å². The zero-order valence-electron chi connectivity index (χ0n) is 20.8. The van der Waals surface area contributed by atoms with Gasteiger partial charge in [-0.25, -0.2) is 4.79 Å². The maximum Gasteiger partial charge on any atom is 0.322 e. The second-order valence-electron chi connectivity index (χ2n) is 8.52. The number of imide groups is 1. The number of fused-ring (bicyclic) bond motifs is 1. The third-order valence-corrected chi connectivity index (χ3v) is 5.87. The summed E-state index contributed by atoms with van der Waals surface area (Å²) in [6.07, 6.45) is 0.253. The van der Waals surface area contributed by atoms with E-state index in [2.05, 4.69) is 22.5 Å². The molecule has 0 unspecified atom stereocenters. The Balaban J connectivity index is 1.79. The number of nitrogens with one attached hydrogen (secondary N) is 3. The third-order valence-electron chi connectivity index (χ3n) is 5.54. The highest BCUT2D eigenvalue weighted by Gasteiger charge is 2.29. The number of ether oxygens (including phenoxy) is 1. The zero-order chi connectivity index (χ0) is 26.9. The smallest absolute Gasteiger partial charge is 0.322 e. The van der Waals surface area contributed by atoms with E-state index in [1.165, 1.54) is 7.11 Å². The Bertz CT molecular complexity index is 1250. The molecule has 0 aromatic heterocycles. The van der Waals surface area contributed by atoms with Crippen LogP contribution < -0.4 is 20.7 Å². The summed E-state index contributed by atoms with van der Waals surface area (Å²) in [4.78, 5) is 51.7. The van der Waals surface area contributed by atoms with Gasteiger partial charge in [-0.1, -0.05) is 29.5 Å². The molecule has 1 atom stereocenters. The summed E-state index contributed by atoms with van der Waals surface area (Å²) in [5.41, 5.74) is 2.11.